The summed E-state index contributed by atoms with van der Waals surface area (Å²) in [5, 5.41) is 15.4. The topological polar surface area (TPSA) is 351 Å². The molecule has 0 saturated carbocycles. The third-order valence-corrected chi connectivity index (χ3v) is 21.1. The molecule has 6 bridgehead atoms. The summed E-state index contributed by atoms with van der Waals surface area (Å²) < 4.78 is 44.0. The van der Waals surface area contributed by atoms with Crippen molar-refractivity contribution in [1.29, 1.82) is 0 Å². The number of aromatic nitrogens is 5. The number of carbonyl (C=O) groups excluding carboxylic acids is 4. The van der Waals surface area contributed by atoms with Crippen LogP contribution >= 0.6 is 56.7 Å². The molecule has 8 aliphatic rings. The summed E-state index contributed by atoms with van der Waals surface area (Å²) in [6, 6.07) is -2.56. The average molecular weight is 1350 g/mol. The molecule has 3 saturated heterocycles. The van der Waals surface area contributed by atoms with Crippen molar-refractivity contribution in [2.45, 2.75) is 62.9 Å². The van der Waals surface area contributed by atoms with Crippen LogP contribution in [0.1, 0.15) is 83.1 Å². The number of hydrogen-bond acceptors (Lipinski definition) is 26. The van der Waals surface area contributed by atoms with Gasteiger partial charge in [-0.05, 0) is 0 Å². The van der Waals surface area contributed by atoms with E-state index in [9.17, 15) is 61.3 Å². The number of urea groups is 3. The van der Waals surface area contributed by atoms with Crippen LogP contribution in [0.5, 0.6) is 0 Å². The molecular formula is C48H60BN15NaO17S6. The molecule has 5 aromatic heterocycles. The van der Waals surface area contributed by atoms with Crippen molar-refractivity contribution in [3.05, 3.63) is 139 Å². The number of carbonyl (C=O) groups is 4. The molecule has 4 N–H and O–H groups in total. The maximum Gasteiger partial charge on any atom is 1.00 e. The first-order valence-corrected chi connectivity index (χ1v) is 31.8. The first-order chi connectivity index (χ1) is 41.4. The van der Waals surface area contributed by atoms with E-state index < -0.39 is 22.5 Å². The molecule has 469 valence electrons. The van der Waals surface area contributed by atoms with Gasteiger partial charge in [-0.25, -0.2) is 22.8 Å². The first kappa shape index (κ1) is 68.4. The second-order valence-corrected chi connectivity index (χ2v) is 26.1. The van der Waals surface area contributed by atoms with E-state index in [0.717, 1.165) is 89.3 Å². The van der Waals surface area contributed by atoms with Crippen molar-refractivity contribution in [1.82, 2.24) is 73.8 Å². The van der Waals surface area contributed by atoms with Gasteiger partial charge < -0.3 is 57.0 Å². The summed E-state index contributed by atoms with van der Waals surface area (Å²) in [6.45, 7) is 16.8. The molecule has 5 atom stereocenters. The van der Waals surface area contributed by atoms with E-state index in [2.05, 4.69) is 40.3 Å². The summed E-state index contributed by atoms with van der Waals surface area (Å²) in [5.41, 5.74) is 10.2. The number of hydroxylamine groups is 8. The second-order valence-electron chi connectivity index (χ2n) is 20.2. The molecule has 8 aliphatic heterocycles. The molecule has 40 heteroatoms. The van der Waals surface area contributed by atoms with E-state index in [1.807, 2.05) is 4.81 Å². The number of nitrogens with zero attached hydrogens (tertiary/aromatic N) is 12. The van der Waals surface area contributed by atoms with Crippen molar-refractivity contribution in [3.63, 3.8) is 0 Å². The van der Waals surface area contributed by atoms with E-state index in [1.54, 1.807) is 81.5 Å². The monoisotopic (exact) mass is 1340 g/mol. The molecule has 0 aromatic carbocycles. The van der Waals surface area contributed by atoms with Gasteiger partial charge in [0.1, 0.15) is 18.1 Å². The molecule has 3 fully saturated rings. The van der Waals surface area contributed by atoms with Gasteiger partial charge in [-0.2, -0.15) is 30.4 Å². The molecule has 0 aliphatic carbocycles. The van der Waals surface area contributed by atoms with E-state index in [4.69, 9.17) is 14.5 Å². The maximum absolute atomic E-state index is 12.1. The largest absolute Gasteiger partial charge is 1.00 e. The molecule has 5 aromatic rings. The summed E-state index contributed by atoms with van der Waals surface area (Å²) in [5.74, 6) is 0. The number of amides is 6. The van der Waals surface area contributed by atoms with Crippen molar-refractivity contribution in [2.75, 3.05) is 52.5 Å². The first-order valence-electron chi connectivity index (χ1n) is 26.4. The summed E-state index contributed by atoms with van der Waals surface area (Å²) in [6.07, 6.45) is 5.66. The fourth-order valence-electron chi connectivity index (χ4n) is 10.4. The quantitative estimate of drug-likeness (QED) is 0.0121. The predicted molar refractivity (Wildman–Crippen MR) is 316 cm³/mol. The Bertz CT molecular complexity index is 3920. The van der Waals surface area contributed by atoms with Crippen LogP contribution in [-0.2, 0) is 102 Å². The maximum atomic E-state index is 12.1. The fourth-order valence-corrected chi connectivity index (χ4v) is 16.0. The summed E-state index contributed by atoms with van der Waals surface area (Å²) in [7, 11) is 4.98. The minimum atomic E-state index is -5.04. The minimum absolute atomic E-state index is 0. The van der Waals surface area contributed by atoms with Crippen LogP contribution in [0.25, 0.3) is 0 Å². The van der Waals surface area contributed by atoms with Crippen LogP contribution < -0.4 is 70.2 Å². The zero-order chi connectivity index (χ0) is 62.9. The Morgan fingerprint density at radius 2 is 0.977 bits per heavy atom. The Morgan fingerprint density at radius 3 is 1.45 bits per heavy atom. The van der Waals surface area contributed by atoms with E-state index in [-0.39, 0.29) is 110 Å². The van der Waals surface area contributed by atoms with Crippen LogP contribution in [0.2, 0.25) is 0 Å². The number of nitrogens with one attached hydrogen (secondary N) is 3. The van der Waals surface area contributed by atoms with Gasteiger partial charge in [0.2, 0.25) is 10.4 Å². The van der Waals surface area contributed by atoms with Crippen LogP contribution in [0.3, 0.4) is 0 Å². The molecule has 6 amide bonds. The SMILES string of the molecule is C=CCON1C(=O)N2Cc3c(sc(=O)n3C)C1C2.C=CCONC1CN([B]C=O)Cc2c1sc(=O)n2C.C=CCONC1CNCc2c1sc(=O)n2C.Cn1c2c(sc1=O)C1CN(C2)C(=O)N1O.Cn1c2c(sc1=O)C1CN(C2)C(=O)N1OS(=O)(=O)[O-].[Na+]. The van der Waals surface area contributed by atoms with Gasteiger partial charge in [-0.1, -0.05) is 74.9 Å². The van der Waals surface area contributed by atoms with Crippen molar-refractivity contribution in [2.24, 2.45) is 35.2 Å². The van der Waals surface area contributed by atoms with Gasteiger partial charge in [-0.15, -0.1) is 19.7 Å². The molecule has 1 radical (unpaired) electrons. The number of thiazole rings is 5. The summed E-state index contributed by atoms with van der Waals surface area (Å²) in [4.78, 5) is 130. The van der Waals surface area contributed by atoms with E-state index in [0.29, 0.717) is 68.1 Å². The van der Waals surface area contributed by atoms with Gasteiger partial charge in [-0.3, -0.25) is 43.7 Å². The predicted octanol–water partition coefficient (Wildman–Crippen LogP) is -2.76. The van der Waals surface area contributed by atoms with Gasteiger partial charge in [0.15, 0.2) is 0 Å². The average Bonchev–Trinajstić information content (AvgIpc) is 1.69. The van der Waals surface area contributed by atoms with E-state index in [1.165, 1.54) is 56.0 Å². The number of rotatable bonds is 15. The van der Waals surface area contributed by atoms with Gasteiger partial charge in [0.25, 0.3) is 7.41 Å². The standard InChI is InChI=1S/C11H15BN3O3S.C11H13N3O3S.C10H15N3O2S.C8H9N3O6S2.C8H9N3O3S.Na/c1-3-4-18-13-8-5-15(12-7-16)6-9-10(8)19-11(17)14(9)2;1-3-4-17-14-8-6-13(10(14)15)5-7-9(8)18-11(16)12(7)2;1-3-4-15-12-7-5-11-6-8-9(7)16-10(14)13(8)2;1-9-4-2-10-3-5(6(4)18-8(9)13)11(7(10)12)17-19(14,15)16;1-9-4-2-10-3-5(11(14)7(10)12)6(4)15-8(9)13;/h3,7-8,13H,1,4-6H2,2H3;3,8H,1,4-6H2,2H3;3,7,11-12H,1,4-6H2,2H3;5H,2-3H2,1H3,(H,14,15,16);5,14H,2-3H2,1H3;/q;;;;;+1/p-1. The smallest absolute Gasteiger partial charge is 0.724 e. The number of hydrogen-bond donors (Lipinski definition) is 4. The molecule has 13 heterocycles. The Kier molecular flexibility index (Phi) is 22.3. The molecule has 88 heavy (non-hydrogen) atoms. The molecule has 13 rings (SSSR count). The van der Waals surface area contributed by atoms with Gasteiger partial charge >= 0.3 is 72.0 Å². The zero-order valence-electron chi connectivity index (χ0n) is 48.4. The van der Waals surface area contributed by atoms with Gasteiger partial charge in [0, 0.05) is 67.1 Å². The Hall–Kier alpha value is -5.54. The molecule has 0 spiro atoms. The second kappa shape index (κ2) is 28.7. The Morgan fingerprint density at radius 1 is 0.580 bits per heavy atom. The Balaban J connectivity index is 0.000000142. The summed E-state index contributed by atoms with van der Waals surface area (Å²) >= 11 is 5.72. The van der Waals surface area contributed by atoms with E-state index >= 15 is 0 Å². The molecule has 32 nitrogen and oxygen atoms in total. The zero-order valence-corrected chi connectivity index (χ0v) is 55.3. The normalized spacial score (nSPS) is 20.8. The van der Waals surface area contributed by atoms with Gasteiger partial charge in [0.05, 0.1) is 125 Å². The minimum Gasteiger partial charge on any atom is -0.724 e. The Labute approximate surface area is 544 Å². The van der Waals surface area contributed by atoms with Crippen LogP contribution in [0.15, 0.2) is 61.9 Å². The fraction of sp³-hybridized carbons (Fsp3) is 0.479. The van der Waals surface area contributed by atoms with Crippen molar-refractivity contribution < 1.29 is 85.7 Å². The van der Waals surface area contributed by atoms with Crippen molar-refractivity contribution in [3.8, 4) is 0 Å². The molecular weight excluding hydrogens is 1280 g/mol. The molecule has 5 unspecified atom stereocenters. The van der Waals surface area contributed by atoms with Crippen LogP contribution in [-0.4, -0.2) is 160 Å². The number of fused-ring (bicyclic) bond motifs is 14. The third-order valence-electron chi connectivity index (χ3n) is 14.8. The third kappa shape index (κ3) is 14.0. The van der Waals surface area contributed by atoms with Crippen molar-refractivity contribution >= 4 is 98.8 Å². The van der Waals surface area contributed by atoms with Crippen LogP contribution in [0, 0.1) is 0 Å². The van der Waals surface area contributed by atoms with Crippen LogP contribution in [0.4, 0.5) is 14.4 Å².